The summed E-state index contributed by atoms with van der Waals surface area (Å²) in [5.41, 5.74) is 1.45. The molecule has 1 aliphatic carbocycles. The van der Waals surface area contributed by atoms with Crippen molar-refractivity contribution >= 4 is 16.9 Å². The van der Waals surface area contributed by atoms with Crippen molar-refractivity contribution in [2.45, 2.75) is 45.8 Å². The summed E-state index contributed by atoms with van der Waals surface area (Å²) in [5, 5.41) is 0.660. The van der Waals surface area contributed by atoms with Crippen LogP contribution in [0.4, 0.5) is 0 Å². The van der Waals surface area contributed by atoms with Crippen molar-refractivity contribution in [2.75, 3.05) is 0 Å². The maximum absolute atomic E-state index is 11.1. The van der Waals surface area contributed by atoms with Crippen molar-refractivity contribution in [1.82, 2.24) is 0 Å². The molecule has 2 unspecified atom stereocenters. The van der Waals surface area contributed by atoms with E-state index in [0.29, 0.717) is 17.1 Å². The van der Waals surface area contributed by atoms with Crippen LogP contribution in [-0.2, 0) is 4.79 Å². The summed E-state index contributed by atoms with van der Waals surface area (Å²) in [7, 11) is 0. The fraction of sp³-hybridized carbons (Fsp3) is 0.750. The van der Waals surface area contributed by atoms with Gasteiger partial charge in [0.2, 0.25) is 0 Å². The topological polar surface area (TPSA) is 17.1 Å². The average molecular weight is 212 g/mol. The Morgan fingerprint density at radius 2 is 2.21 bits per heavy atom. The Bertz CT molecular complexity index is 243. The molecule has 0 aromatic carbocycles. The van der Waals surface area contributed by atoms with Gasteiger partial charge in [0, 0.05) is 12.2 Å². The van der Waals surface area contributed by atoms with Crippen molar-refractivity contribution in [3.05, 3.63) is 11.6 Å². The molecule has 0 bridgehead atoms. The maximum Gasteiger partial charge on any atom is 0.186 e. The van der Waals surface area contributed by atoms with Gasteiger partial charge in [0.1, 0.15) is 0 Å². The quantitative estimate of drug-likeness (QED) is 0.650. The third-order valence-corrected chi connectivity index (χ3v) is 3.99. The van der Waals surface area contributed by atoms with Gasteiger partial charge in [-0.05, 0) is 31.6 Å². The van der Waals surface area contributed by atoms with Crippen molar-refractivity contribution in [1.29, 1.82) is 0 Å². The lowest BCUT2D eigenvalue weighted by atomic mass is 9.82. The van der Waals surface area contributed by atoms with Gasteiger partial charge in [-0.25, -0.2) is 0 Å². The second kappa shape index (κ2) is 5.01. The van der Waals surface area contributed by atoms with Crippen LogP contribution in [-0.4, -0.2) is 10.4 Å². The number of carbonyl (C=O) groups is 1. The highest BCUT2D eigenvalue weighted by Gasteiger charge is 2.27. The second-order valence-electron chi connectivity index (χ2n) is 4.53. The van der Waals surface area contributed by atoms with Crippen LogP contribution in [0.3, 0.4) is 0 Å². The van der Waals surface area contributed by atoms with Crippen molar-refractivity contribution in [3.63, 3.8) is 0 Å². The predicted molar refractivity (Wildman–Crippen MR) is 63.4 cm³/mol. The van der Waals surface area contributed by atoms with Crippen LogP contribution in [0.1, 0.15) is 40.5 Å². The zero-order chi connectivity index (χ0) is 10.7. The molecule has 1 rings (SSSR count). The van der Waals surface area contributed by atoms with E-state index in [2.05, 4.69) is 26.8 Å². The molecule has 0 saturated heterocycles. The summed E-state index contributed by atoms with van der Waals surface area (Å²) in [4.78, 5) is 11.1. The molecular formula is C12H20OS. The zero-order valence-corrected chi connectivity index (χ0v) is 10.4. The largest absolute Gasteiger partial charge is 0.288 e. The van der Waals surface area contributed by atoms with Gasteiger partial charge in [0.15, 0.2) is 5.12 Å². The third kappa shape index (κ3) is 3.16. The lowest BCUT2D eigenvalue weighted by Gasteiger charge is -2.31. The van der Waals surface area contributed by atoms with Crippen LogP contribution in [0.5, 0.6) is 0 Å². The number of carbonyl (C=O) groups excluding carboxylic acids is 1. The van der Waals surface area contributed by atoms with Crippen molar-refractivity contribution in [2.24, 2.45) is 11.8 Å². The minimum absolute atomic E-state index is 0.242. The van der Waals surface area contributed by atoms with Gasteiger partial charge in [0.05, 0.1) is 0 Å². The minimum Gasteiger partial charge on any atom is -0.288 e. The number of hydrogen-bond acceptors (Lipinski definition) is 2. The van der Waals surface area contributed by atoms with Gasteiger partial charge in [0.25, 0.3) is 0 Å². The molecule has 0 heterocycles. The highest BCUT2D eigenvalue weighted by Crippen LogP contribution is 2.36. The molecule has 0 aromatic heterocycles. The first-order valence-corrected chi connectivity index (χ1v) is 6.23. The SMILES string of the molecule is CC(=O)SC1C=C(C)CCC1C(C)C. The van der Waals surface area contributed by atoms with Crippen LogP contribution in [0.2, 0.25) is 0 Å². The van der Waals surface area contributed by atoms with E-state index >= 15 is 0 Å². The summed E-state index contributed by atoms with van der Waals surface area (Å²) in [6.07, 6.45) is 4.74. The summed E-state index contributed by atoms with van der Waals surface area (Å²) >= 11 is 1.50. The molecule has 2 atom stereocenters. The maximum atomic E-state index is 11.1. The van der Waals surface area contributed by atoms with E-state index in [0.717, 1.165) is 0 Å². The zero-order valence-electron chi connectivity index (χ0n) is 9.54. The molecule has 0 aromatic rings. The van der Waals surface area contributed by atoms with E-state index in [-0.39, 0.29) is 5.12 Å². The van der Waals surface area contributed by atoms with Gasteiger partial charge < -0.3 is 0 Å². The summed E-state index contributed by atoms with van der Waals surface area (Å²) in [6, 6.07) is 0. The average Bonchev–Trinajstić information content (AvgIpc) is 2.01. The van der Waals surface area contributed by atoms with Crippen LogP contribution >= 0.6 is 11.8 Å². The molecule has 0 amide bonds. The van der Waals surface area contributed by atoms with Gasteiger partial charge >= 0.3 is 0 Å². The van der Waals surface area contributed by atoms with E-state index in [1.807, 2.05) is 0 Å². The third-order valence-electron chi connectivity index (χ3n) is 2.90. The van der Waals surface area contributed by atoms with Crippen LogP contribution < -0.4 is 0 Å². The number of rotatable bonds is 2. The highest BCUT2D eigenvalue weighted by atomic mass is 32.2. The molecule has 0 saturated carbocycles. The first kappa shape index (κ1) is 11.8. The summed E-state index contributed by atoms with van der Waals surface area (Å²) < 4.78 is 0. The number of allylic oxidation sites excluding steroid dienone is 1. The first-order chi connectivity index (χ1) is 6.50. The van der Waals surface area contributed by atoms with E-state index in [9.17, 15) is 4.79 Å². The summed E-state index contributed by atoms with van der Waals surface area (Å²) in [5.74, 6) is 1.35. The lowest BCUT2D eigenvalue weighted by molar-refractivity contribution is -0.109. The Morgan fingerprint density at radius 1 is 1.57 bits per heavy atom. The number of hydrogen-bond donors (Lipinski definition) is 0. The van der Waals surface area contributed by atoms with Gasteiger partial charge in [-0.2, -0.15) is 0 Å². The smallest absolute Gasteiger partial charge is 0.186 e. The molecule has 0 N–H and O–H groups in total. The number of thioether (sulfide) groups is 1. The standard InChI is InChI=1S/C12H20OS/c1-8(2)11-6-5-9(3)7-12(11)14-10(4)13/h7-8,11-12H,5-6H2,1-4H3. The van der Waals surface area contributed by atoms with Crippen LogP contribution in [0, 0.1) is 11.8 Å². The van der Waals surface area contributed by atoms with Crippen LogP contribution in [0.15, 0.2) is 11.6 Å². The fourth-order valence-corrected chi connectivity index (χ4v) is 3.38. The lowest BCUT2D eigenvalue weighted by Crippen LogP contribution is -2.25. The predicted octanol–water partition coefficient (Wildman–Crippen LogP) is 3.65. The Morgan fingerprint density at radius 3 is 2.71 bits per heavy atom. The molecule has 2 heteroatoms. The van der Waals surface area contributed by atoms with E-state index < -0.39 is 0 Å². The molecule has 1 nitrogen and oxygen atoms in total. The fourth-order valence-electron chi connectivity index (χ4n) is 2.07. The summed E-state index contributed by atoms with van der Waals surface area (Å²) in [6.45, 7) is 8.35. The molecule has 0 aliphatic heterocycles. The molecular weight excluding hydrogens is 192 g/mol. The normalized spacial score (nSPS) is 27.6. The molecule has 14 heavy (non-hydrogen) atoms. The van der Waals surface area contributed by atoms with E-state index in [1.54, 1.807) is 6.92 Å². The monoisotopic (exact) mass is 212 g/mol. The molecule has 80 valence electrons. The molecule has 1 aliphatic rings. The highest BCUT2D eigenvalue weighted by molar-refractivity contribution is 8.14. The van der Waals surface area contributed by atoms with Gasteiger partial charge in [-0.3, -0.25) is 4.79 Å². The van der Waals surface area contributed by atoms with Crippen molar-refractivity contribution in [3.8, 4) is 0 Å². The van der Waals surface area contributed by atoms with Crippen molar-refractivity contribution < 1.29 is 4.79 Å². The molecule has 0 spiro atoms. The van der Waals surface area contributed by atoms with Gasteiger partial charge in [-0.15, -0.1) is 0 Å². The Balaban J connectivity index is 2.72. The molecule has 0 radical (unpaired) electrons. The van der Waals surface area contributed by atoms with E-state index in [1.165, 1.54) is 30.2 Å². The minimum atomic E-state index is 0.242. The second-order valence-corrected chi connectivity index (χ2v) is 5.89. The Hall–Kier alpha value is -0.240. The molecule has 0 fully saturated rings. The van der Waals surface area contributed by atoms with Crippen LogP contribution in [0.25, 0.3) is 0 Å². The first-order valence-electron chi connectivity index (χ1n) is 5.35. The van der Waals surface area contributed by atoms with Gasteiger partial charge in [-0.1, -0.05) is 37.3 Å². The Labute approximate surface area is 91.3 Å². The van der Waals surface area contributed by atoms with E-state index in [4.69, 9.17) is 0 Å². The Kier molecular flexibility index (Phi) is 4.24.